The number of unbranched alkanes of at least 4 members (excludes halogenated alkanes) is 10. The monoisotopic (exact) mass is 1190 g/mol. The summed E-state index contributed by atoms with van der Waals surface area (Å²) in [5.41, 5.74) is 4.61. The molecule has 2 aliphatic rings. The summed E-state index contributed by atoms with van der Waals surface area (Å²) in [7, 11) is -3.52. The average molecular weight is 1190 g/mol. The Morgan fingerprint density at radius 3 is 1.83 bits per heavy atom. The van der Waals surface area contributed by atoms with E-state index in [0.717, 1.165) is 77.2 Å². The number of sulfone groups is 1. The number of benzene rings is 3. The van der Waals surface area contributed by atoms with Gasteiger partial charge in [0.1, 0.15) is 40.8 Å². The second-order valence-corrected chi connectivity index (χ2v) is 24.4. The highest BCUT2D eigenvalue weighted by molar-refractivity contribution is 7.91. The van der Waals surface area contributed by atoms with Crippen molar-refractivity contribution in [3.05, 3.63) is 71.6 Å². The van der Waals surface area contributed by atoms with Crippen molar-refractivity contribution in [2.75, 3.05) is 18.8 Å². The van der Waals surface area contributed by atoms with Crippen molar-refractivity contribution >= 4 is 68.0 Å². The molecule has 2 aromatic rings. The Balaban J connectivity index is 1.05. The molecule has 4 rings (SSSR count). The van der Waals surface area contributed by atoms with Gasteiger partial charge in [-0.1, -0.05) is 83.1 Å². The summed E-state index contributed by atoms with van der Waals surface area (Å²) in [5.74, 6) is -4.08. The molecule has 0 aromatic heterocycles. The van der Waals surface area contributed by atoms with Crippen LogP contribution in [0.4, 0.5) is 4.79 Å². The molecule has 0 fully saturated rings. The molecule has 3 unspecified atom stereocenters. The third kappa shape index (κ3) is 24.8. The molecular formula is C64H91N5O14S. The Labute approximate surface area is 495 Å². The number of carboxylic acids is 3. The normalized spacial score (nSPS) is 13.7. The number of carbonyl (C=O) groups excluding carboxylic acids is 5. The number of carbonyl (C=O) groups is 8. The van der Waals surface area contributed by atoms with Gasteiger partial charge in [0.05, 0.1) is 21.9 Å². The van der Waals surface area contributed by atoms with E-state index in [-0.39, 0.29) is 84.5 Å². The zero-order valence-corrected chi connectivity index (χ0v) is 50.8. The number of amides is 3. The standard InChI is InChI=1S/C64H91N5O14S/c1-6-43(3)67-49-32-36-54-58(42-49)83-57-41-47(45(5)65-7-2)31-35-53(57)60(54)46-29-33-52(34-30-46)84(81,82)39-21-12-8-9-15-23-50(71)24-17-13-14-22-48(61(74)75)40-51(72)25-16-10-11-18-27-59(73)66-38-20-19-26-55(62(76)77)68-64(80)69-56(63(78)79)37-28-44(4)70/h29-36,41-43,45,48,55-56,65H,6-28,37-40H2,1-5H3,(H,66,73)(H,74,75)(H,76,77)(H,78,79)(H2,68,69,80)/t43?,45?,48?,55-,56-/m0/s1. The van der Waals surface area contributed by atoms with E-state index in [2.05, 4.69) is 67.2 Å². The molecular weight excluding hydrogens is 1090 g/mol. The summed E-state index contributed by atoms with van der Waals surface area (Å²) >= 11 is 0. The molecule has 1 aliphatic carbocycles. The third-order valence-corrected chi connectivity index (χ3v) is 17.1. The molecule has 5 atom stereocenters. The van der Waals surface area contributed by atoms with Gasteiger partial charge in [-0.2, -0.15) is 0 Å². The molecule has 0 saturated carbocycles. The first-order valence-corrected chi connectivity index (χ1v) is 31.9. The smallest absolute Gasteiger partial charge is 0.326 e. The number of ketones is 3. The van der Waals surface area contributed by atoms with Crippen molar-refractivity contribution < 1.29 is 66.5 Å². The minimum absolute atomic E-state index is 0.0346. The Hall–Kier alpha value is -6.80. The van der Waals surface area contributed by atoms with E-state index in [1.165, 1.54) is 6.92 Å². The Kier molecular flexibility index (Phi) is 30.5. The zero-order chi connectivity index (χ0) is 61.6. The number of rotatable bonds is 43. The van der Waals surface area contributed by atoms with Gasteiger partial charge in [-0.15, -0.1) is 0 Å². The summed E-state index contributed by atoms with van der Waals surface area (Å²) in [6.07, 6.45) is 11.4. The van der Waals surface area contributed by atoms with Crippen molar-refractivity contribution in [3.8, 4) is 22.5 Å². The fraction of sp³-hybridized carbons (Fsp3) is 0.578. The van der Waals surface area contributed by atoms with E-state index in [4.69, 9.17) is 9.41 Å². The SMILES string of the molecule is CCNC(C)c1ccc2c(-c3ccc(S(=O)(=O)CCCCCCCC(=O)CCCCCC(CC(=O)CCCCCCC(=O)NCCCC[C@H](NC(=O)N[C@@H](CCC(C)=O)C(=O)O)C(=O)O)C(=O)O)cc3)c3ccc(=NC(C)CC)cc-3oc2c1. The number of nitrogens with zero attached hydrogens (tertiary/aromatic N) is 1. The maximum Gasteiger partial charge on any atom is 0.326 e. The van der Waals surface area contributed by atoms with Crippen LogP contribution in [-0.4, -0.2) is 108 Å². The lowest BCUT2D eigenvalue weighted by Crippen LogP contribution is -2.51. The van der Waals surface area contributed by atoms with Crippen molar-refractivity contribution in [3.63, 3.8) is 0 Å². The van der Waals surface area contributed by atoms with Crippen LogP contribution in [0.5, 0.6) is 0 Å². The second kappa shape index (κ2) is 36.8. The first kappa shape index (κ1) is 69.7. The zero-order valence-electron chi connectivity index (χ0n) is 49.9. The van der Waals surface area contributed by atoms with E-state index in [1.54, 1.807) is 12.1 Å². The van der Waals surface area contributed by atoms with Crippen LogP contribution in [0.25, 0.3) is 33.4 Å². The molecule has 84 heavy (non-hydrogen) atoms. The number of fused-ring (bicyclic) bond motifs is 2. The van der Waals surface area contributed by atoms with Gasteiger partial charge < -0.3 is 45.8 Å². The number of Topliss-reactive ketones (excluding diaryl/α,β-unsaturated/α-hetero) is 3. The van der Waals surface area contributed by atoms with Crippen molar-refractivity contribution in [2.24, 2.45) is 10.9 Å². The molecule has 2 aromatic carbocycles. The van der Waals surface area contributed by atoms with Gasteiger partial charge in [-0.25, -0.2) is 22.8 Å². The fourth-order valence-electron chi connectivity index (χ4n) is 10.1. The summed E-state index contributed by atoms with van der Waals surface area (Å²) in [6, 6.07) is 16.1. The van der Waals surface area contributed by atoms with E-state index < -0.39 is 51.8 Å². The van der Waals surface area contributed by atoms with Crippen LogP contribution in [0.15, 0.2) is 75.0 Å². The maximum atomic E-state index is 13.5. The highest BCUT2D eigenvalue weighted by atomic mass is 32.2. The number of hydrogen-bond donors (Lipinski definition) is 7. The van der Waals surface area contributed by atoms with E-state index >= 15 is 0 Å². The number of carboxylic acid groups (broad SMARTS) is 3. The number of nitrogens with one attached hydrogen (secondary N) is 4. The van der Waals surface area contributed by atoms with Crippen LogP contribution in [0.2, 0.25) is 0 Å². The summed E-state index contributed by atoms with van der Waals surface area (Å²) in [4.78, 5) is 101. The summed E-state index contributed by atoms with van der Waals surface area (Å²) in [6.45, 7) is 10.8. The summed E-state index contributed by atoms with van der Waals surface area (Å²) < 4.78 is 33.5. The fourth-order valence-corrected chi connectivity index (χ4v) is 11.5. The van der Waals surface area contributed by atoms with Crippen LogP contribution in [-0.2, 0) is 43.4 Å². The van der Waals surface area contributed by atoms with Crippen molar-refractivity contribution in [1.82, 2.24) is 21.3 Å². The molecule has 3 amide bonds. The van der Waals surface area contributed by atoms with Gasteiger partial charge in [0, 0.05) is 79.7 Å². The maximum absolute atomic E-state index is 13.5. The topological polar surface area (TPSA) is 305 Å². The Morgan fingerprint density at radius 2 is 1.21 bits per heavy atom. The summed E-state index contributed by atoms with van der Waals surface area (Å²) in [5, 5.41) is 41.0. The van der Waals surface area contributed by atoms with Crippen LogP contribution < -0.4 is 26.6 Å². The third-order valence-electron chi connectivity index (χ3n) is 15.2. The molecule has 0 saturated heterocycles. The van der Waals surface area contributed by atoms with Gasteiger partial charge in [0.2, 0.25) is 5.91 Å². The first-order valence-electron chi connectivity index (χ1n) is 30.3. The molecule has 1 aliphatic heterocycles. The average Bonchev–Trinajstić information content (AvgIpc) is 3.34. The molecule has 19 nitrogen and oxygen atoms in total. The highest BCUT2D eigenvalue weighted by Gasteiger charge is 2.26. The van der Waals surface area contributed by atoms with Gasteiger partial charge in [0.15, 0.2) is 9.84 Å². The Bertz CT molecular complexity index is 2960. The van der Waals surface area contributed by atoms with Gasteiger partial charge in [-0.3, -0.25) is 24.2 Å². The van der Waals surface area contributed by atoms with Crippen LogP contribution in [0.1, 0.15) is 200 Å². The van der Waals surface area contributed by atoms with E-state index in [9.17, 15) is 62.1 Å². The lowest BCUT2D eigenvalue weighted by atomic mass is 9.92. The molecule has 0 radical (unpaired) electrons. The molecule has 0 bridgehead atoms. The van der Waals surface area contributed by atoms with Crippen molar-refractivity contribution in [2.45, 2.75) is 218 Å². The molecule has 1 heterocycles. The predicted octanol–water partition coefficient (Wildman–Crippen LogP) is 11.1. The number of urea groups is 1. The second-order valence-electron chi connectivity index (χ2n) is 22.3. The number of aliphatic carboxylic acids is 3. The van der Waals surface area contributed by atoms with Crippen LogP contribution in [0, 0.1) is 5.92 Å². The number of hydrogen-bond acceptors (Lipinski definition) is 13. The van der Waals surface area contributed by atoms with Gasteiger partial charge in [0.25, 0.3) is 0 Å². The lowest BCUT2D eigenvalue weighted by Gasteiger charge is -2.18. The van der Waals surface area contributed by atoms with E-state index in [0.29, 0.717) is 95.8 Å². The van der Waals surface area contributed by atoms with Gasteiger partial charge >= 0.3 is 23.9 Å². The van der Waals surface area contributed by atoms with Crippen LogP contribution >= 0.6 is 0 Å². The minimum Gasteiger partial charge on any atom is -0.481 e. The lowest BCUT2D eigenvalue weighted by molar-refractivity contribution is -0.144. The molecule has 0 spiro atoms. The largest absolute Gasteiger partial charge is 0.481 e. The Morgan fingerprint density at radius 1 is 0.619 bits per heavy atom. The van der Waals surface area contributed by atoms with Gasteiger partial charge in [-0.05, 0) is 139 Å². The highest BCUT2D eigenvalue weighted by Crippen LogP contribution is 2.41. The molecule has 20 heteroatoms. The predicted molar refractivity (Wildman–Crippen MR) is 323 cm³/mol. The molecule has 7 N–H and O–H groups in total. The first-order chi connectivity index (χ1) is 40.1. The minimum atomic E-state index is -3.52. The quantitative estimate of drug-likeness (QED) is 0.0160. The van der Waals surface area contributed by atoms with Crippen LogP contribution in [0.3, 0.4) is 0 Å². The molecule has 462 valence electrons. The van der Waals surface area contributed by atoms with E-state index in [1.807, 2.05) is 30.3 Å². The van der Waals surface area contributed by atoms with Crippen molar-refractivity contribution in [1.29, 1.82) is 0 Å².